The lowest BCUT2D eigenvalue weighted by atomic mass is 9.68. The van der Waals surface area contributed by atoms with Gasteiger partial charge in [-0.2, -0.15) is 0 Å². The number of rotatable bonds is 2. The number of Topliss-reactive ketones (excluding diaryl/α,β-unsaturated/α-hetero) is 2. The highest BCUT2D eigenvalue weighted by Crippen LogP contribution is 2.48. The first-order chi connectivity index (χ1) is 11.9. The van der Waals surface area contributed by atoms with Gasteiger partial charge in [-0.25, -0.2) is 0 Å². The number of fused-ring (bicyclic) bond motifs is 5. The van der Waals surface area contributed by atoms with Crippen molar-refractivity contribution < 1.29 is 23.5 Å². The zero-order chi connectivity index (χ0) is 17.9. The van der Waals surface area contributed by atoms with Crippen LogP contribution in [0.2, 0.25) is 0 Å². The summed E-state index contributed by atoms with van der Waals surface area (Å²) < 4.78 is 10.9. The molecule has 25 heavy (non-hydrogen) atoms. The molecule has 1 aromatic carbocycles. The van der Waals surface area contributed by atoms with Gasteiger partial charge in [-0.15, -0.1) is 0 Å². The van der Waals surface area contributed by atoms with Crippen molar-refractivity contribution in [1.29, 1.82) is 0 Å². The van der Waals surface area contributed by atoms with Crippen LogP contribution in [-0.2, 0) is 14.9 Å². The summed E-state index contributed by atoms with van der Waals surface area (Å²) in [7, 11) is 0. The van der Waals surface area contributed by atoms with Gasteiger partial charge in [0.15, 0.2) is 0 Å². The van der Waals surface area contributed by atoms with Crippen molar-refractivity contribution in [2.75, 3.05) is 0 Å². The molecular formula is C20H18O5. The van der Waals surface area contributed by atoms with Gasteiger partial charge in [0, 0.05) is 16.7 Å². The van der Waals surface area contributed by atoms with Crippen molar-refractivity contribution >= 4 is 18.0 Å². The van der Waals surface area contributed by atoms with Gasteiger partial charge < -0.3 is 9.15 Å². The molecule has 4 rings (SSSR count). The first-order valence-electron chi connectivity index (χ1n) is 8.31. The van der Waals surface area contributed by atoms with E-state index in [1.54, 1.807) is 6.92 Å². The third-order valence-electron chi connectivity index (χ3n) is 5.43. The molecule has 0 fully saturated rings. The predicted octanol–water partition coefficient (Wildman–Crippen LogP) is 3.92. The molecule has 5 nitrogen and oxygen atoms in total. The summed E-state index contributed by atoms with van der Waals surface area (Å²) in [5, 5.41) is 0. The van der Waals surface area contributed by atoms with Crippen LogP contribution in [0.5, 0.6) is 0 Å². The fraction of sp³-hybridized carbons (Fsp3) is 0.350. The van der Waals surface area contributed by atoms with Crippen molar-refractivity contribution in [3.05, 3.63) is 46.2 Å². The number of furan rings is 1. The Balaban J connectivity index is 2.07. The molecule has 2 aliphatic rings. The van der Waals surface area contributed by atoms with Gasteiger partial charge in [0.05, 0.1) is 11.8 Å². The molecule has 5 heteroatoms. The van der Waals surface area contributed by atoms with E-state index in [-0.39, 0.29) is 5.41 Å². The van der Waals surface area contributed by atoms with E-state index < -0.39 is 17.7 Å². The minimum absolute atomic E-state index is 0.171. The Bertz CT molecular complexity index is 932. The highest BCUT2D eigenvalue weighted by Gasteiger charge is 2.42. The molecule has 0 saturated carbocycles. The minimum atomic E-state index is -0.560. The predicted molar refractivity (Wildman–Crippen MR) is 89.7 cm³/mol. The number of carbonyl (C=O) groups is 3. The molecular weight excluding hydrogens is 320 g/mol. The van der Waals surface area contributed by atoms with Crippen LogP contribution in [0.25, 0.3) is 11.3 Å². The van der Waals surface area contributed by atoms with E-state index in [4.69, 9.17) is 9.15 Å². The molecule has 128 valence electrons. The van der Waals surface area contributed by atoms with Gasteiger partial charge in [-0.05, 0) is 36.3 Å². The normalized spacial score (nSPS) is 20.5. The Labute approximate surface area is 145 Å². The molecule has 0 bridgehead atoms. The number of benzene rings is 1. The molecule has 2 aliphatic carbocycles. The van der Waals surface area contributed by atoms with Crippen molar-refractivity contribution in [2.24, 2.45) is 0 Å². The molecule has 1 unspecified atom stereocenters. The number of hydrogen-bond acceptors (Lipinski definition) is 5. The summed E-state index contributed by atoms with van der Waals surface area (Å²) in [6, 6.07) is 3.80. The van der Waals surface area contributed by atoms with Crippen LogP contribution in [0.1, 0.15) is 70.2 Å². The molecule has 2 aromatic rings. The third kappa shape index (κ3) is 2.05. The number of carbonyl (C=O) groups excluding carboxylic acids is 3. The summed E-state index contributed by atoms with van der Waals surface area (Å²) in [6.07, 6.45) is 2.41. The first kappa shape index (κ1) is 15.8. The molecule has 0 spiro atoms. The Morgan fingerprint density at radius 3 is 2.64 bits per heavy atom. The standard InChI is InChI=1S/C20H18O5/c1-10-8-24-19-11-4-5-12-16(15(11)18(23)17(22)14(10)19)13(25-9-21)6-7-20(12,2)3/h4-5,8-9,13H,6-7H2,1-3H3. The summed E-state index contributed by atoms with van der Waals surface area (Å²) in [5.41, 5.74) is 3.33. The number of ketones is 2. The average Bonchev–Trinajstić information content (AvgIpc) is 2.96. The van der Waals surface area contributed by atoms with Gasteiger partial charge >= 0.3 is 0 Å². The Kier molecular flexibility index (Phi) is 3.26. The lowest BCUT2D eigenvalue weighted by Gasteiger charge is -2.38. The SMILES string of the molecule is Cc1coc2c1C(=O)C(=O)c1c-2ccc2c1C(OC=O)CCC2(C)C. The van der Waals surface area contributed by atoms with Crippen molar-refractivity contribution in [2.45, 2.75) is 45.1 Å². The maximum atomic E-state index is 12.9. The zero-order valence-electron chi connectivity index (χ0n) is 14.3. The van der Waals surface area contributed by atoms with Crippen LogP contribution in [0.3, 0.4) is 0 Å². The second-order valence-corrected chi connectivity index (χ2v) is 7.37. The van der Waals surface area contributed by atoms with Crippen LogP contribution in [-0.4, -0.2) is 18.0 Å². The van der Waals surface area contributed by atoms with E-state index in [1.807, 2.05) is 12.1 Å². The van der Waals surface area contributed by atoms with E-state index in [2.05, 4.69) is 13.8 Å². The average molecular weight is 338 g/mol. The van der Waals surface area contributed by atoms with E-state index in [0.717, 1.165) is 12.0 Å². The van der Waals surface area contributed by atoms with Gasteiger partial charge in [-0.1, -0.05) is 26.0 Å². The van der Waals surface area contributed by atoms with E-state index in [9.17, 15) is 14.4 Å². The molecule has 0 saturated heterocycles. The fourth-order valence-corrected chi connectivity index (χ4v) is 4.10. The molecule has 0 aliphatic heterocycles. The van der Waals surface area contributed by atoms with Gasteiger partial charge in [0.2, 0.25) is 11.6 Å². The van der Waals surface area contributed by atoms with E-state index in [0.29, 0.717) is 46.5 Å². The van der Waals surface area contributed by atoms with Crippen LogP contribution in [0.15, 0.2) is 22.8 Å². The summed E-state index contributed by atoms with van der Waals surface area (Å²) in [6.45, 7) is 6.34. The number of ether oxygens (including phenoxy) is 1. The van der Waals surface area contributed by atoms with Gasteiger partial charge in [-0.3, -0.25) is 14.4 Å². The monoisotopic (exact) mass is 338 g/mol. The van der Waals surface area contributed by atoms with Gasteiger partial charge in [0.1, 0.15) is 11.9 Å². The Morgan fingerprint density at radius 2 is 1.92 bits per heavy atom. The zero-order valence-corrected chi connectivity index (χ0v) is 14.3. The largest absolute Gasteiger partial charge is 0.463 e. The quantitative estimate of drug-likeness (QED) is 0.613. The second-order valence-electron chi connectivity index (χ2n) is 7.37. The van der Waals surface area contributed by atoms with E-state index >= 15 is 0 Å². The third-order valence-corrected chi connectivity index (χ3v) is 5.43. The summed E-state index contributed by atoms with van der Waals surface area (Å²) in [5.74, 6) is -0.690. The van der Waals surface area contributed by atoms with Crippen molar-refractivity contribution in [3.63, 3.8) is 0 Å². The van der Waals surface area contributed by atoms with Crippen LogP contribution in [0, 0.1) is 6.92 Å². The Hall–Kier alpha value is -2.69. The molecule has 0 amide bonds. The first-order valence-corrected chi connectivity index (χ1v) is 8.31. The smallest absolute Gasteiger partial charge is 0.293 e. The van der Waals surface area contributed by atoms with Gasteiger partial charge in [0.25, 0.3) is 6.47 Å². The molecule has 1 aromatic heterocycles. The van der Waals surface area contributed by atoms with Crippen molar-refractivity contribution in [1.82, 2.24) is 0 Å². The second kappa shape index (κ2) is 5.15. The Morgan fingerprint density at radius 1 is 1.20 bits per heavy atom. The maximum Gasteiger partial charge on any atom is 0.293 e. The topological polar surface area (TPSA) is 73.6 Å². The fourth-order valence-electron chi connectivity index (χ4n) is 4.10. The number of aryl methyl sites for hydroxylation is 1. The highest BCUT2D eigenvalue weighted by molar-refractivity contribution is 6.53. The molecule has 0 radical (unpaired) electrons. The van der Waals surface area contributed by atoms with Crippen LogP contribution < -0.4 is 0 Å². The van der Waals surface area contributed by atoms with E-state index in [1.165, 1.54) is 6.26 Å². The van der Waals surface area contributed by atoms with Crippen molar-refractivity contribution in [3.8, 4) is 11.3 Å². The maximum absolute atomic E-state index is 12.9. The summed E-state index contributed by atoms with van der Waals surface area (Å²) in [4.78, 5) is 36.5. The molecule has 1 atom stereocenters. The number of hydrogen-bond donors (Lipinski definition) is 0. The minimum Gasteiger partial charge on any atom is -0.463 e. The summed E-state index contributed by atoms with van der Waals surface area (Å²) >= 11 is 0. The molecule has 1 heterocycles. The lowest BCUT2D eigenvalue weighted by Crippen LogP contribution is -2.32. The highest BCUT2D eigenvalue weighted by atomic mass is 16.5. The lowest BCUT2D eigenvalue weighted by molar-refractivity contribution is -0.134. The van der Waals surface area contributed by atoms with Crippen LogP contribution in [0.4, 0.5) is 0 Å². The molecule has 0 N–H and O–H groups in total. The van der Waals surface area contributed by atoms with Crippen LogP contribution >= 0.6 is 0 Å².